The summed E-state index contributed by atoms with van der Waals surface area (Å²) in [7, 11) is 0. The lowest BCUT2D eigenvalue weighted by Gasteiger charge is -2.07. The van der Waals surface area contributed by atoms with E-state index in [0.29, 0.717) is 23.5 Å². The van der Waals surface area contributed by atoms with E-state index in [1.54, 1.807) is 24.3 Å². The molecule has 0 saturated heterocycles. The Morgan fingerprint density at radius 3 is 2.50 bits per heavy atom. The molecule has 0 radical (unpaired) electrons. The van der Waals surface area contributed by atoms with E-state index in [1.807, 2.05) is 38.1 Å². The van der Waals surface area contributed by atoms with Crippen molar-refractivity contribution >= 4 is 28.6 Å². The molecule has 0 aliphatic rings. The van der Waals surface area contributed by atoms with Crippen LogP contribution in [-0.2, 0) is 4.79 Å². The van der Waals surface area contributed by atoms with Crippen LogP contribution in [0.5, 0.6) is 5.75 Å². The van der Waals surface area contributed by atoms with Crippen LogP contribution in [-0.4, -0.2) is 29.3 Å². The summed E-state index contributed by atoms with van der Waals surface area (Å²) in [6.45, 7) is 3.36. The number of nitrogens with zero attached hydrogens (tertiary/aromatic N) is 1. The maximum Gasteiger partial charge on any atom is 0.341 e. The molecule has 1 heterocycles. The van der Waals surface area contributed by atoms with Crippen molar-refractivity contribution in [3.8, 4) is 5.75 Å². The number of hydrazone groups is 1. The Labute approximate surface area is 161 Å². The van der Waals surface area contributed by atoms with E-state index in [-0.39, 0.29) is 5.76 Å². The lowest BCUT2D eigenvalue weighted by molar-refractivity contribution is -0.139. The molecule has 2 aromatic carbocycles. The summed E-state index contributed by atoms with van der Waals surface area (Å²) in [5, 5.41) is 13.8. The summed E-state index contributed by atoms with van der Waals surface area (Å²) < 4.78 is 10.8. The van der Waals surface area contributed by atoms with E-state index >= 15 is 0 Å². The van der Waals surface area contributed by atoms with Gasteiger partial charge in [-0.25, -0.2) is 10.2 Å². The topological polar surface area (TPSA) is 101 Å². The molecule has 0 aliphatic carbocycles. The van der Waals surface area contributed by atoms with Gasteiger partial charge in [-0.3, -0.25) is 4.79 Å². The largest absolute Gasteiger partial charge is 0.482 e. The van der Waals surface area contributed by atoms with E-state index in [1.165, 1.54) is 0 Å². The van der Waals surface area contributed by atoms with Crippen molar-refractivity contribution in [1.29, 1.82) is 0 Å². The first-order valence-electron chi connectivity index (χ1n) is 8.79. The zero-order valence-electron chi connectivity index (χ0n) is 15.6. The predicted molar refractivity (Wildman–Crippen MR) is 105 cm³/mol. The minimum atomic E-state index is -1.04. The molecular formula is C21H20N2O5. The second kappa shape index (κ2) is 8.39. The fourth-order valence-corrected chi connectivity index (χ4v) is 2.80. The molecule has 0 atom stereocenters. The predicted octanol–water partition coefficient (Wildman–Crippen LogP) is 3.75. The quantitative estimate of drug-likeness (QED) is 0.480. The molecule has 0 spiro atoms. The third-order valence-electron chi connectivity index (χ3n) is 4.23. The molecule has 2 N–H and O–H groups in total. The van der Waals surface area contributed by atoms with E-state index in [4.69, 9.17) is 14.3 Å². The third kappa shape index (κ3) is 4.20. The normalized spacial score (nSPS) is 11.4. The smallest absolute Gasteiger partial charge is 0.341 e. The Kier molecular flexibility index (Phi) is 5.74. The fourth-order valence-electron chi connectivity index (χ4n) is 2.80. The highest BCUT2D eigenvalue weighted by atomic mass is 16.5. The SMILES string of the molecule is CC/C(=N/NC(=O)c1oc2ccccc2c1C)c1ccc(OCC(=O)O)cc1. The van der Waals surface area contributed by atoms with E-state index in [0.717, 1.165) is 16.5 Å². The Morgan fingerprint density at radius 2 is 1.86 bits per heavy atom. The average Bonchev–Trinajstić information content (AvgIpc) is 3.04. The molecule has 0 saturated carbocycles. The molecule has 0 fully saturated rings. The molecule has 3 aromatic rings. The number of carbonyl (C=O) groups is 2. The molecule has 144 valence electrons. The lowest BCUT2D eigenvalue weighted by Crippen LogP contribution is -2.20. The van der Waals surface area contributed by atoms with Gasteiger partial charge in [-0.1, -0.05) is 25.1 Å². The minimum Gasteiger partial charge on any atom is -0.482 e. The maximum atomic E-state index is 12.5. The summed E-state index contributed by atoms with van der Waals surface area (Å²) in [5.74, 6) is -0.772. The van der Waals surface area contributed by atoms with Crippen molar-refractivity contribution in [2.75, 3.05) is 6.61 Å². The number of aliphatic carboxylic acids is 1. The van der Waals surface area contributed by atoms with Gasteiger partial charge in [0.2, 0.25) is 0 Å². The summed E-state index contributed by atoms with van der Waals surface area (Å²) in [5.41, 5.74) is 5.44. The number of amides is 1. The van der Waals surface area contributed by atoms with Crippen molar-refractivity contribution in [2.45, 2.75) is 20.3 Å². The molecule has 0 unspecified atom stereocenters. The molecule has 1 amide bonds. The number of hydrogen-bond donors (Lipinski definition) is 2. The number of nitrogens with one attached hydrogen (secondary N) is 1. The van der Waals surface area contributed by atoms with Gasteiger partial charge >= 0.3 is 11.9 Å². The number of furan rings is 1. The monoisotopic (exact) mass is 380 g/mol. The first kappa shape index (κ1) is 19.2. The number of carbonyl (C=O) groups excluding carboxylic acids is 1. The van der Waals surface area contributed by atoms with Crippen LogP contribution < -0.4 is 10.2 Å². The van der Waals surface area contributed by atoms with Crippen LogP contribution in [0.4, 0.5) is 0 Å². The molecule has 0 bridgehead atoms. The van der Waals surface area contributed by atoms with Gasteiger partial charge in [0.25, 0.3) is 0 Å². The molecule has 7 nitrogen and oxygen atoms in total. The standard InChI is InChI=1S/C21H20N2O5/c1-3-17(14-8-10-15(11-9-14)27-12-19(24)25)22-23-21(26)20-13(2)16-6-4-5-7-18(16)28-20/h4-11H,3,12H2,1-2H3,(H,23,26)(H,24,25)/b22-17-. The molecule has 0 aliphatic heterocycles. The number of ether oxygens (including phenoxy) is 1. The highest BCUT2D eigenvalue weighted by molar-refractivity contribution is 6.03. The van der Waals surface area contributed by atoms with Gasteiger partial charge in [0.05, 0.1) is 5.71 Å². The van der Waals surface area contributed by atoms with Crippen LogP contribution in [0.2, 0.25) is 0 Å². The lowest BCUT2D eigenvalue weighted by atomic mass is 10.1. The summed E-state index contributed by atoms with van der Waals surface area (Å²) in [6.07, 6.45) is 0.592. The van der Waals surface area contributed by atoms with E-state index < -0.39 is 18.5 Å². The van der Waals surface area contributed by atoms with Crippen LogP contribution in [0, 0.1) is 6.92 Å². The van der Waals surface area contributed by atoms with Gasteiger partial charge < -0.3 is 14.3 Å². The highest BCUT2D eigenvalue weighted by Gasteiger charge is 2.17. The van der Waals surface area contributed by atoms with Gasteiger partial charge in [0.1, 0.15) is 11.3 Å². The number of para-hydroxylation sites is 1. The Bertz CT molecular complexity index is 1030. The van der Waals surface area contributed by atoms with Crippen LogP contribution in [0.3, 0.4) is 0 Å². The highest BCUT2D eigenvalue weighted by Crippen LogP contribution is 2.24. The number of fused-ring (bicyclic) bond motifs is 1. The number of hydrogen-bond acceptors (Lipinski definition) is 5. The molecule has 1 aromatic heterocycles. The second-order valence-corrected chi connectivity index (χ2v) is 6.11. The molecule has 7 heteroatoms. The molecule has 3 rings (SSSR count). The zero-order chi connectivity index (χ0) is 20.1. The van der Waals surface area contributed by atoms with Crippen LogP contribution >= 0.6 is 0 Å². The third-order valence-corrected chi connectivity index (χ3v) is 4.23. The van der Waals surface area contributed by atoms with Crippen molar-refractivity contribution in [3.63, 3.8) is 0 Å². The number of benzene rings is 2. The zero-order valence-corrected chi connectivity index (χ0v) is 15.6. The van der Waals surface area contributed by atoms with Crippen molar-refractivity contribution in [2.24, 2.45) is 5.10 Å². The summed E-state index contributed by atoms with van der Waals surface area (Å²) in [4.78, 5) is 23.1. The first-order valence-corrected chi connectivity index (χ1v) is 8.79. The number of aryl methyl sites for hydroxylation is 1. The number of rotatable bonds is 7. The summed E-state index contributed by atoms with van der Waals surface area (Å²) in [6, 6.07) is 14.3. The minimum absolute atomic E-state index is 0.234. The number of carboxylic acids is 1. The molecule has 28 heavy (non-hydrogen) atoms. The van der Waals surface area contributed by atoms with E-state index in [9.17, 15) is 9.59 Å². The fraction of sp³-hybridized carbons (Fsp3) is 0.190. The van der Waals surface area contributed by atoms with Crippen molar-refractivity contribution in [1.82, 2.24) is 5.43 Å². The summed E-state index contributed by atoms with van der Waals surface area (Å²) >= 11 is 0. The van der Waals surface area contributed by atoms with E-state index in [2.05, 4.69) is 10.5 Å². The van der Waals surface area contributed by atoms with Crippen LogP contribution in [0.25, 0.3) is 11.0 Å². The Morgan fingerprint density at radius 1 is 1.14 bits per heavy atom. The average molecular weight is 380 g/mol. The Balaban J connectivity index is 1.74. The van der Waals surface area contributed by atoms with Gasteiger partial charge in [-0.2, -0.15) is 5.10 Å². The second-order valence-electron chi connectivity index (χ2n) is 6.11. The van der Waals surface area contributed by atoms with Gasteiger partial charge in [0, 0.05) is 10.9 Å². The van der Waals surface area contributed by atoms with Crippen LogP contribution in [0.15, 0.2) is 58.0 Å². The maximum absolute atomic E-state index is 12.5. The van der Waals surface area contributed by atoms with Crippen LogP contribution in [0.1, 0.15) is 35.0 Å². The number of carboxylic acid groups (broad SMARTS) is 1. The van der Waals surface area contributed by atoms with Crippen molar-refractivity contribution < 1.29 is 23.8 Å². The van der Waals surface area contributed by atoms with Gasteiger partial charge in [0.15, 0.2) is 12.4 Å². The van der Waals surface area contributed by atoms with Crippen molar-refractivity contribution in [3.05, 3.63) is 65.4 Å². The first-order chi connectivity index (χ1) is 13.5. The Hall–Kier alpha value is -3.61. The van der Waals surface area contributed by atoms with Gasteiger partial charge in [-0.05, 0) is 49.2 Å². The van der Waals surface area contributed by atoms with Gasteiger partial charge in [-0.15, -0.1) is 0 Å². The molecular weight excluding hydrogens is 360 g/mol.